The summed E-state index contributed by atoms with van der Waals surface area (Å²) in [5, 5.41) is 0. The minimum Gasteiger partial charge on any atom is -0.493 e. The Kier molecular flexibility index (Phi) is 8.09. The van der Waals surface area contributed by atoms with Crippen molar-refractivity contribution in [2.24, 2.45) is 0 Å². The number of benzene rings is 2. The Bertz CT molecular complexity index is 817. The third-order valence-corrected chi connectivity index (χ3v) is 3.92. The highest BCUT2D eigenvalue weighted by Crippen LogP contribution is 2.28. The maximum absolute atomic E-state index is 12.3. The minimum atomic E-state index is -0.592. The van der Waals surface area contributed by atoms with E-state index in [0.29, 0.717) is 24.7 Å². The molecule has 0 N–H and O–H groups in total. The molecule has 2 aromatic carbocycles. The van der Waals surface area contributed by atoms with Crippen molar-refractivity contribution >= 4 is 23.6 Å². The summed E-state index contributed by atoms with van der Waals surface area (Å²) in [4.78, 5) is 25.9. The molecular weight excluding hydrogens is 358 g/mol. The molecule has 0 atom stereocenters. The summed E-state index contributed by atoms with van der Waals surface area (Å²) < 4.78 is 15.8. The van der Waals surface area contributed by atoms with E-state index in [2.05, 4.69) is 0 Å². The molecule has 28 heavy (non-hydrogen) atoms. The number of hydrogen-bond acceptors (Lipinski definition) is 5. The van der Waals surface area contributed by atoms with Gasteiger partial charge in [0.2, 0.25) is 0 Å². The molecule has 0 aliphatic heterocycles. The van der Waals surface area contributed by atoms with Crippen LogP contribution in [0, 0.1) is 0 Å². The molecule has 6 heteroatoms. The van der Waals surface area contributed by atoms with Gasteiger partial charge >= 0.3 is 5.97 Å². The van der Waals surface area contributed by atoms with Crippen molar-refractivity contribution < 1.29 is 23.8 Å². The largest absolute Gasteiger partial charge is 0.493 e. The van der Waals surface area contributed by atoms with Crippen LogP contribution in [0.25, 0.3) is 6.08 Å². The Morgan fingerprint density at radius 1 is 1.04 bits per heavy atom. The summed E-state index contributed by atoms with van der Waals surface area (Å²) >= 11 is 0. The van der Waals surface area contributed by atoms with Crippen LogP contribution in [0.4, 0.5) is 5.69 Å². The molecule has 0 radical (unpaired) electrons. The zero-order chi connectivity index (χ0) is 20.4. The van der Waals surface area contributed by atoms with Gasteiger partial charge in [-0.05, 0) is 49.8 Å². The normalized spacial score (nSPS) is 10.5. The molecule has 6 nitrogen and oxygen atoms in total. The average Bonchev–Trinajstić information content (AvgIpc) is 2.73. The number of hydrogen-bond donors (Lipinski definition) is 0. The van der Waals surface area contributed by atoms with E-state index in [1.807, 2.05) is 44.2 Å². The molecule has 0 saturated heterocycles. The van der Waals surface area contributed by atoms with Crippen molar-refractivity contribution in [3.05, 3.63) is 60.2 Å². The van der Waals surface area contributed by atoms with Crippen LogP contribution in [0.2, 0.25) is 0 Å². The highest BCUT2D eigenvalue weighted by Gasteiger charge is 2.15. The molecule has 0 aliphatic carbocycles. The fourth-order valence-corrected chi connectivity index (χ4v) is 2.60. The lowest BCUT2D eigenvalue weighted by Gasteiger charge is -2.20. The molecule has 0 saturated carbocycles. The molecule has 2 rings (SSSR count). The molecule has 0 heterocycles. The first-order valence-electron chi connectivity index (χ1n) is 9.10. The standard InChI is InChI=1S/C22H25NO5/c1-4-23(18-9-7-6-8-10-18)21(24)16-28-22(25)14-12-17-11-13-19(27-5-2)20(15-17)26-3/h6-15H,4-5,16H2,1-3H3/b14-12+. The molecule has 0 aliphatic rings. The monoisotopic (exact) mass is 383 g/mol. The molecule has 1 amide bonds. The van der Waals surface area contributed by atoms with Gasteiger partial charge in [-0.1, -0.05) is 24.3 Å². The van der Waals surface area contributed by atoms with Gasteiger partial charge in [0.1, 0.15) is 0 Å². The number of methoxy groups -OCH3 is 1. The van der Waals surface area contributed by atoms with E-state index in [-0.39, 0.29) is 12.5 Å². The second-order valence-electron chi connectivity index (χ2n) is 5.76. The van der Waals surface area contributed by atoms with Gasteiger partial charge in [0, 0.05) is 18.3 Å². The van der Waals surface area contributed by atoms with Crippen molar-refractivity contribution in [3.8, 4) is 11.5 Å². The number of nitrogens with zero attached hydrogens (tertiary/aromatic N) is 1. The number of carbonyl (C=O) groups is 2. The number of likely N-dealkylation sites (N-methyl/N-ethyl adjacent to an activating group) is 1. The summed E-state index contributed by atoms with van der Waals surface area (Å²) in [5.41, 5.74) is 1.52. The summed E-state index contributed by atoms with van der Waals surface area (Å²) in [6.45, 7) is 4.46. The second kappa shape index (κ2) is 10.8. The van der Waals surface area contributed by atoms with Crippen molar-refractivity contribution in [1.29, 1.82) is 0 Å². The maximum atomic E-state index is 12.3. The predicted molar refractivity (Wildman–Crippen MR) is 109 cm³/mol. The van der Waals surface area contributed by atoms with Gasteiger partial charge in [-0.3, -0.25) is 4.79 Å². The second-order valence-corrected chi connectivity index (χ2v) is 5.76. The van der Waals surface area contributed by atoms with E-state index in [9.17, 15) is 9.59 Å². The number of rotatable bonds is 9. The predicted octanol–water partition coefficient (Wildman–Crippen LogP) is 3.70. The van der Waals surface area contributed by atoms with E-state index >= 15 is 0 Å². The van der Waals surface area contributed by atoms with Crippen LogP contribution in [0.5, 0.6) is 11.5 Å². The van der Waals surface area contributed by atoms with E-state index < -0.39 is 5.97 Å². The highest BCUT2D eigenvalue weighted by molar-refractivity contribution is 5.96. The molecule has 0 fully saturated rings. The first kappa shape index (κ1) is 21.0. The van der Waals surface area contributed by atoms with E-state index in [1.165, 1.54) is 6.08 Å². The van der Waals surface area contributed by atoms with Crippen LogP contribution >= 0.6 is 0 Å². The van der Waals surface area contributed by atoms with Gasteiger partial charge < -0.3 is 19.1 Å². The fraction of sp³-hybridized carbons (Fsp3) is 0.273. The fourth-order valence-electron chi connectivity index (χ4n) is 2.60. The first-order valence-corrected chi connectivity index (χ1v) is 9.10. The van der Waals surface area contributed by atoms with E-state index in [0.717, 1.165) is 11.3 Å². The minimum absolute atomic E-state index is 0.279. The Morgan fingerprint density at radius 2 is 1.79 bits per heavy atom. The lowest BCUT2D eigenvalue weighted by atomic mass is 10.2. The van der Waals surface area contributed by atoms with Gasteiger partial charge in [0.15, 0.2) is 18.1 Å². The van der Waals surface area contributed by atoms with Crippen LogP contribution in [0.1, 0.15) is 19.4 Å². The number of anilines is 1. The van der Waals surface area contributed by atoms with Crippen molar-refractivity contribution in [1.82, 2.24) is 0 Å². The summed E-state index contributed by atoms with van der Waals surface area (Å²) in [5.74, 6) is 0.341. The lowest BCUT2D eigenvalue weighted by Crippen LogP contribution is -2.34. The summed E-state index contributed by atoms with van der Waals surface area (Å²) in [6.07, 6.45) is 2.88. The highest BCUT2D eigenvalue weighted by atomic mass is 16.5. The Balaban J connectivity index is 1.93. The number of ether oxygens (including phenoxy) is 3. The third-order valence-electron chi connectivity index (χ3n) is 3.92. The molecule has 2 aromatic rings. The number of carbonyl (C=O) groups excluding carboxylic acids is 2. The Labute approximate surface area is 165 Å². The SMILES string of the molecule is CCOc1ccc(/C=C/C(=O)OCC(=O)N(CC)c2ccccc2)cc1OC. The summed E-state index contributed by atoms with van der Waals surface area (Å²) in [7, 11) is 1.55. The summed E-state index contributed by atoms with van der Waals surface area (Å²) in [6, 6.07) is 14.6. The van der Waals surface area contributed by atoms with Crippen molar-refractivity contribution in [2.75, 3.05) is 31.8 Å². The van der Waals surface area contributed by atoms with Crippen LogP contribution in [-0.2, 0) is 14.3 Å². The topological polar surface area (TPSA) is 65.1 Å². The van der Waals surface area contributed by atoms with Gasteiger partial charge in [-0.25, -0.2) is 4.79 Å². The zero-order valence-electron chi connectivity index (χ0n) is 16.4. The molecule has 0 unspecified atom stereocenters. The lowest BCUT2D eigenvalue weighted by molar-refractivity contribution is -0.142. The molecule has 0 spiro atoms. The van der Waals surface area contributed by atoms with Crippen LogP contribution < -0.4 is 14.4 Å². The number of para-hydroxylation sites is 1. The first-order chi connectivity index (χ1) is 13.6. The van der Waals surface area contributed by atoms with Crippen LogP contribution in [0.3, 0.4) is 0 Å². The smallest absolute Gasteiger partial charge is 0.331 e. The third kappa shape index (κ3) is 5.87. The van der Waals surface area contributed by atoms with E-state index in [4.69, 9.17) is 14.2 Å². The number of amides is 1. The molecule has 0 aromatic heterocycles. The number of esters is 1. The van der Waals surface area contributed by atoms with Gasteiger partial charge in [0.05, 0.1) is 13.7 Å². The van der Waals surface area contributed by atoms with Crippen LogP contribution in [-0.4, -0.2) is 38.7 Å². The Hall–Kier alpha value is -3.28. The van der Waals surface area contributed by atoms with Crippen molar-refractivity contribution in [3.63, 3.8) is 0 Å². The van der Waals surface area contributed by atoms with E-state index in [1.54, 1.807) is 36.3 Å². The molecular formula is C22H25NO5. The maximum Gasteiger partial charge on any atom is 0.331 e. The quantitative estimate of drug-likeness (QED) is 0.488. The van der Waals surface area contributed by atoms with Crippen LogP contribution in [0.15, 0.2) is 54.6 Å². The molecule has 0 bridgehead atoms. The van der Waals surface area contributed by atoms with Gasteiger partial charge in [-0.15, -0.1) is 0 Å². The zero-order valence-corrected chi connectivity index (χ0v) is 16.4. The van der Waals surface area contributed by atoms with Gasteiger partial charge in [0.25, 0.3) is 5.91 Å². The Morgan fingerprint density at radius 3 is 2.43 bits per heavy atom. The van der Waals surface area contributed by atoms with Gasteiger partial charge in [-0.2, -0.15) is 0 Å². The molecule has 148 valence electrons. The van der Waals surface area contributed by atoms with Crippen molar-refractivity contribution in [2.45, 2.75) is 13.8 Å². The average molecular weight is 383 g/mol.